The molecule has 2 heterocycles. The molecule has 1 atom stereocenters. The summed E-state index contributed by atoms with van der Waals surface area (Å²) in [6, 6.07) is -0.409. The van der Waals surface area contributed by atoms with Crippen LogP contribution in [0.3, 0.4) is 0 Å². The fraction of sp³-hybridized carbons (Fsp3) is 0.692. The maximum atomic E-state index is 11.5. The molecule has 4 nitrogen and oxygen atoms in total. The van der Waals surface area contributed by atoms with E-state index in [1.807, 2.05) is 26.2 Å². The molecule has 0 aromatic carbocycles. The van der Waals surface area contributed by atoms with Crippen molar-refractivity contribution in [2.45, 2.75) is 46.2 Å². The van der Waals surface area contributed by atoms with Gasteiger partial charge in [0.1, 0.15) is 6.04 Å². The van der Waals surface area contributed by atoms with Crippen LogP contribution in [-0.2, 0) is 11.3 Å². The number of nitrogens with zero attached hydrogens (tertiary/aromatic N) is 2. The molecule has 0 spiro atoms. The van der Waals surface area contributed by atoms with Gasteiger partial charge >= 0.3 is 5.97 Å². The van der Waals surface area contributed by atoms with Crippen molar-refractivity contribution < 1.29 is 9.90 Å². The molecule has 1 fully saturated rings. The number of aryl methyl sites for hydroxylation is 1. The molecule has 1 aliphatic heterocycles. The average Bonchev–Trinajstić information content (AvgIpc) is 2.61. The lowest BCUT2D eigenvalue weighted by Gasteiger charge is -2.43. The van der Waals surface area contributed by atoms with Crippen molar-refractivity contribution in [3.05, 3.63) is 16.1 Å². The van der Waals surface area contributed by atoms with Gasteiger partial charge in [-0.2, -0.15) is 0 Å². The highest BCUT2D eigenvalue weighted by atomic mass is 32.1. The van der Waals surface area contributed by atoms with Crippen LogP contribution in [0.4, 0.5) is 0 Å². The monoisotopic (exact) mass is 268 g/mol. The van der Waals surface area contributed by atoms with Gasteiger partial charge in [-0.1, -0.05) is 13.8 Å². The molecule has 2 rings (SSSR count). The second kappa shape index (κ2) is 4.97. The van der Waals surface area contributed by atoms with Gasteiger partial charge < -0.3 is 5.11 Å². The normalized spacial score (nSPS) is 24.1. The maximum Gasteiger partial charge on any atom is 0.321 e. The van der Waals surface area contributed by atoms with E-state index in [0.717, 1.165) is 30.1 Å². The molecule has 1 aliphatic rings. The molecule has 0 saturated carbocycles. The highest BCUT2D eigenvalue weighted by Crippen LogP contribution is 2.36. The third kappa shape index (κ3) is 2.72. The van der Waals surface area contributed by atoms with E-state index in [1.165, 1.54) is 0 Å². The lowest BCUT2D eigenvalue weighted by molar-refractivity contribution is -0.151. The number of rotatable bonds is 3. The van der Waals surface area contributed by atoms with Crippen molar-refractivity contribution in [3.8, 4) is 0 Å². The molecule has 1 aromatic rings. The van der Waals surface area contributed by atoms with Crippen molar-refractivity contribution in [3.63, 3.8) is 0 Å². The molecule has 0 amide bonds. The van der Waals surface area contributed by atoms with E-state index < -0.39 is 12.0 Å². The van der Waals surface area contributed by atoms with Gasteiger partial charge in [-0.3, -0.25) is 9.69 Å². The zero-order valence-corrected chi connectivity index (χ0v) is 12.0. The van der Waals surface area contributed by atoms with Gasteiger partial charge in [0.25, 0.3) is 0 Å². The molecule has 0 aliphatic carbocycles. The van der Waals surface area contributed by atoms with Crippen molar-refractivity contribution in [2.24, 2.45) is 5.41 Å². The lowest BCUT2D eigenvalue weighted by Crippen LogP contribution is -2.53. The Bertz CT molecular complexity index is 442. The van der Waals surface area contributed by atoms with Crippen LogP contribution in [0.5, 0.6) is 0 Å². The van der Waals surface area contributed by atoms with Gasteiger partial charge in [0, 0.05) is 11.9 Å². The maximum absolute atomic E-state index is 11.5. The van der Waals surface area contributed by atoms with Gasteiger partial charge in [0.2, 0.25) is 0 Å². The Morgan fingerprint density at radius 1 is 1.67 bits per heavy atom. The molecule has 1 saturated heterocycles. The molecule has 5 heteroatoms. The predicted molar refractivity (Wildman–Crippen MR) is 71.7 cm³/mol. The molecule has 18 heavy (non-hydrogen) atoms. The fourth-order valence-electron chi connectivity index (χ4n) is 2.85. The summed E-state index contributed by atoms with van der Waals surface area (Å²) in [6.07, 6.45) is 2.02. The van der Waals surface area contributed by atoms with Crippen LogP contribution in [0.1, 0.15) is 37.4 Å². The zero-order chi connectivity index (χ0) is 13.3. The number of piperidine rings is 1. The van der Waals surface area contributed by atoms with E-state index in [9.17, 15) is 9.90 Å². The molecule has 100 valence electrons. The van der Waals surface area contributed by atoms with Crippen molar-refractivity contribution in [2.75, 3.05) is 6.54 Å². The van der Waals surface area contributed by atoms with Gasteiger partial charge in [-0.25, -0.2) is 4.98 Å². The van der Waals surface area contributed by atoms with Gasteiger partial charge in [-0.15, -0.1) is 11.3 Å². The van der Waals surface area contributed by atoms with Gasteiger partial charge in [0.05, 0.1) is 10.7 Å². The zero-order valence-electron chi connectivity index (χ0n) is 11.1. The van der Waals surface area contributed by atoms with Crippen molar-refractivity contribution in [1.29, 1.82) is 0 Å². The average molecular weight is 268 g/mol. The first-order chi connectivity index (χ1) is 8.40. The van der Waals surface area contributed by atoms with Crippen LogP contribution in [0.25, 0.3) is 0 Å². The van der Waals surface area contributed by atoms with Crippen LogP contribution in [0.2, 0.25) is 0 Å². The first kappa shape index (κ1) is 13.5. The summed E-state index contributed by atoms with van der Waals surface area (Å²) in [4.78, 5) is 18.0. The third-order valence-corrected chi connectivity index (χ3v) is 4.46. The van der Waals surface area contributed by atoms with E-state index in [1.54, 1.807) is 11.3 Å². The number of likely N-dealkylation sites (tertiary alicyclic amines) is 1. The van der Waals surface area contributed by atoms with Crippen LogP contribution < -0.4 is 0 Å². The number of carbonyl (C=O) groups is 1. The molecule has 0 bridgehead atoms. The van der Waals surface area contributed by atoms with E-state index >= 15 is 0 Å². The number of carboxylic acids is 1. The first-order valence-electron chi connectivity index (χ1n) is 6.28. The van der Waals surface area contributed by atoms with Gasteiger partial charge in [-0.05, 0) is 31.7 Å². The minimum atomic E-state index is -0.716. The summed E-state index contributed by atoms with van der Waals surface area (Å²) >= 11 is 1.62. The SMILES string of the molecule is Cc1nc(CN2CCCC(C)(C)C2C(=O)O)cs1. The quantitative estimate of drug-likeness (QED) is 0.915. The Hall–Kier alpha value is -0.940. The third-order valence-electron chi connectivity index (χ3n) is 3.64. The molecular formula is C13H20N2O2S. The molecule has 0 radical (unpaired) electrons. The summed E-state index contributed by atoms with van der Waals surface area (Å²) in [5, 5.41) is 12.5. The summed E-state index contributed by atoms with van der Waals surface area (Å²) < 4.78 is 0. The fourth-order valence-corrected chi connectivity index (χ4v) is 3.45. The van der Waals surface area contributed by atoms with Crippen molar-refractivity contribution in [1.82, 2.24) is 9.88 Å². The van der Waals surface area contributed by atoms with E-state index in [-0.39, 0.29) is 5.41 Å². The summed E-state index contributed by atoms with van der Waals surface area (Å²) in [5.74, 6) is -0.716. The Morgan fingerprint density at radius 2 is 2.39 bits per heavy atom. The number of carboxylic acid groups (broad SMARTS) is 1. The molecular weight excluding hydrogens is 248 g/mol. The van der Waals surface area contributed by atoms with E-state index in [2.05, 4.69) is 9.88 Å². The van der Waals surface area contributed by atoms with Crippen molar-refractivity contribution >= 4 is 17.3 Å². The minimum absolute atomic E-state index is 0.171. The van der Waals surface area contributed by atoms with Crippen LogP contribution in [-0.4, -0.2) is 33.5 Å². The second-order valence-corrected chi connectivity index (χ2v) is 6.72. The van der Waals surface area contributed by atoms with Gasteiger partial charge in [0.15, 0.2) is 0 Å². The predicted octanol–water partition coefficient (Wildman–Crippen LogP) is 2.53. The van der Waals surface area contributed by atoms with Crippen LogP contribution in [0, 0.1) is 12.3 Å². The largest absolute Gasteiger partial charge is 0.480 e. The highest BCUT2D eigenvalue weighted by molar-refractivity contribution is 7.09. The number of aliphatic carboxylic acids is 1. The van der Waals surface area contributed by atoms with Crippen LogP contribution >= 0.6 is 11.3 Å². The number of hydrogen-bond acceptors (Lipinski definition) is 4. The Morgan fingerprint density at radius 3 is 2.94 bits per heavy atom. The Kier molecular flexibility index (Phi) is 3.73. The molecule has 1 aromatic heterocycles. The number of aromatic nitrogens is 1. The number of thiazole rings is 1. The lowest BCUT2D eigenvalue weighted by atomic mass is 9.76. The highest BCUT2D eigenvalue weighted by Gasteiger charge is 2.42. The first-order valence-corrected chi connectivity index (χ1v) is 7.16. The smallest absolute Gasteiger partial charge is 0.321 e. The molecule has 1 N–H and O–H groups in total. The summed E-state index contributed by atoms with van der Waals surface area (Å²) in [6.45, 7) is 7.55. The standard InChI is InChI=1S/C13H20N2O2S/c1-9-14-10(8-18-9)7-15-6-4-5-13(2,3)11(15)12(16)17/h8,11H,4-7H2,1-3H3,(H,16,17). The minimum Gasteiger partial charge on any atom is -0.480 e. The number of hydrogen-bond donors (Lipinski definition) is 1. The molecule has 1 unspecified atom stereocenters. The Balaban J connectivity index is 2.17. The Labute approximate surface area is 112 Å². The summed E-state index contributed by atoms with van der Waals surface area (Å²) in [7, 11) is 0. The van der Waals surface area contributed by atoms with E-state index in [4.69, 9.17) is 0 Å². The topological polar surface area (TPSA) is 53.4 Å². The van der Waals surface area contributed by atoms with Crippen LogP contribution in [0.15, 0.2) is 5.38 Å². The summed E-state index contributed by atoms with van der Waals surface area (Å²) in [5.41, 5.74) is 0.816. The van der Waals surface area contributed by atoms with E-state index in [0.29, 0.717) is 6.54 Å². The second-order valence-electron chi connectivity index (χ2n) is 5.66.